The van der Waals surface area contributed by atoms with Gasteiger partial charge in [-0.25, -0.2) is 4.79 Å². The molecule has 0 saturated carbocycles. The van der Waals surface area contributed by atoms with Gasteiger partial charge in [-0.15, -0.1) is 0 Å². The summed E-state index contributed by atoms with van der Waals surface area (Å²) in [4.78, 5) is 24.3. The minimum Gasteiger partial charge on any atom is -0.492 e. The highest BCUT2D eigenvalue weighted by Gasteiger charge is 2.24. The fraction of sp³-hybridized carbons (Fsp3) is 0.412. The van der Waals surface area contributed by atoms with E-state index in [0.29, 0.717) is 26.3 Å². The van der Waals surface area contributed by atoms with Crippen LogP contribution in [0, 0.1) is 0 Å². The molecule has 1 amide bonds. The number of hydrogen-bond acceptors (Lipinski definition) is 6. The summed E-state index contributed by atoms with van der Waals surface area (Å²) < 4.78 is 15.5. The Labute approximate surface area is 141 Å². The van der Waals surface area contributed by atoms with E-state index < -0.39 is 18.0 Å². The fourth-order valence-electron chi connectivity index (χ4n) is 2.28. The van der Waals surface area contributed by atoms with Crippen LogP contribution in [0.4, 0.5) is 0 Å². The van der Waals surface area contributed by atoms with Crippen molar-refractivity contribution in [3.05, 3.63) is 35.9 Å². The Bertz CT molecular complexity index is 585. The zero-order chi connectivity index (χ0) is 17.4. The van der Waals surface area contributed by atoms with Crippen LogP contribution in [0.3, 0.4) is 0 Å². The molecule has 7 heteroatoms. The highest BCUT2D eigenvalue weighted by molar-refractivity contribution is 5.86. The largest absolute Gasteiger partial charge is 0.492 e. The number of amides is 1. The molecule has 1 aliphatic rings. The molecule has 1 saturated heterocycles. The number of esters is 1. The van der Waals surface area contributed by atoms with Crippen molar-refractivity contribution in [2.24, 2.45) is 5.73 Å². The van der Waals surface area contributed by atoms with Gasteiger partial charge in [-0.05, 0) is 23.8 Å². The van der Waals surface area contributed by atoms with Crippen LogP contribution in [0.15, 0.2) is 30.3 Å². The zero-order valence-corrected chi connectivity index (χ0v) is 13.6. The minimum atomic E-state index is -0.542. The fourth-order valence-corrected chi connectivity index (χ4v) is 2.28. The molecule has 0 unspecified atom stereocenters. The van der Waals surface area contributed by atoms with E-state index in [1.54, 1.807) is 6.08 Å². The second-order valence-corrected chi connectivity index (χ2v) is 5.34. The molecule has 1 fully saturated rings. The molecular formula is C17H22N2O5. The van der Waals surface area contributed by atoms with Crippen molar-refractivity contribution in [3.63, 3.8) is 0 Å². The first-order chi connectivity index (χ1) is 11.6. The number of primary amides is 1. The molecular weight excluding hydrogens is 312 g/mol. The lowest BCUT2D eigenvalue weighted by Crippen LogP contribution is -2.49. The SMILES string of the molecule is COC(=O)/C=C/c1ccc(OCCN2CCO[C@@H](C(N)=O)C2)cc1. The van der Waals surface area contributed by atoms with Crippen molar-refractivity contribution >= 4 is 18.0 Å². The Balaban J connectivity index is 1.75. The summed E-state index contributed by atoms with van der Waals surface area (Å²) in [6.45, 7) is 2.94. The van der Waals surface area contributed by atoms with Gasteiger partial charge >= 0.3 is 5.97 Å². The summed E-state index contributed by atoms with van der Waals surface area (Å²) in [5, 5.41) is 0. The molecule has 24 heavy (non-hydrogen) atoms. The molecule has 0 bridgehead atoms. The Morgan fingerprint density at radius 3 is 2.79 bits per heavy atom. The molecule has 0 aliphatic carbocycles. The lowest BCUT2D eigenvalue weighted by molar-refractivity contribution is -0.135. The van der Waals surface area contributed by atoms with Gasteiger partial charge in [0, 0.05) is 25.7 Å². The molecule has 1 aromatic carbocycles. The maximum atomic E-state index is 11.1. The van der Waals surface area contributed by atoms with E-state index in [-0.39, 0.29) is 0 Å². The van der Waals surface area contributed by atoms with Gasteiger partial charge in [0.25, 0.3) is 0 Å². The standard InChI is InChI=1S/C17H22N2O5/c1-22-16(20)7-4-13-2-5-14(6-3-13)23-10-8-19-9-11-24-15(12-19)17(18)21/h2-7,15H,8-12H2,1H3,(H2,18,21)/b7-4+/t15-/m1/s1. The van der Waals surface area contributed by atoms with Crippen LogP contribution < -0.4 is 10.5 Å². The van der Waals surface area contributed by atoms with E-state index in [0.717, 1.165) is 17.9 Å². The van der Waals surface area contributed by atoms with Gasteiger partial charge in [0.05, 0.1) is 13.7 Å². The maximum Gasteiger partial charge on any atom is 0.330 e. The van der Waals surface area contributed by atoms with Crippen molar-refractivity contribution in [1.29, 1.82) is 0 Å². The van der Waals surface area contributed by atoms with E-state index >= 15 is 0 Å². The van der Waals surface area contributed by atoms with E-state index in [1.165, 1.54) is 13.2 Å². The van der Waals surface area contributed by atoms with Crippen LogP contribution in [0.25, 0.3) is 6.08 Å². The number of methoxy groups -OCH3 is 1. The molecule has 1 atom stereocenters. The van der Waals surface area contributed by atoms with Gasteiger partial charge in [-0.1, -0.05) is 12.1 Å². The number of nitrogens with two attached hydrogens (primary N) is 1. The van der Waals surface area contributed by atoms with Crippen molar-refractivity contribution in [3.8, 4) is 5.75 Å². The third kappa shape index (κ3) is 5.68. The van der Waals surface area contributed by atoms with Crippen LogP contribution in [-0.4, -0.2) is 62.8 Å². The lowest BCUT2D eigenvalue weighted by atomic mass is 10.2. The van der Waals surface area contributed by atoms with Gasteiger partial charge in [0.15, 0.2) is 0 Å². The average molecular weight is 334 g/mol. The molecule has 1 aliphatic heterocycles. The van der Waals surface area contributed by atoms with Gasteiger partial charge in [0.2, 0.25) is 5.91 Å². The molecule has 0 aromatic heterocycles. The second-order valence-electron chi connectivity index (χ2n) is 5.34. The first-order valence-electron chi connectivity index (χ1n) is 7.70. The van der Waals surface area contributed by atoms with Gasteiger partial charge in [-0.2, -0.15) is 0 Å². The molecule has 130 valence electrons. The van der Waals surface area contributed by atoms with E-state index in [2.05, 4.69) is 9.64 Å². The summed E-state index contributed by atoms with van der Waals surface area (Å²) in [6, 6.07) is 7.38. The van der Waals surface area contributed by atoms with E-state index in [4.69, 9.17) is 15.2 Å². The summed E-state index contributed by atoms with van der Waals surface area (Å²) >= 11 is 0. The van der Waals surface area contributed by atoms with Gasteiger partial charge in [-0.3, -0.25) is 9.69 Å². The number of ether oxygens (including phenoxy) is 3. The molecule has 0 spiro atoms. The molecule has 2 N–H and O–H groups in total. The smallest absolute Gasteiger partial charge is 0.330 e. The Morgan fingerprint density at radius 2 is 2.12 bits per heavy atom. The summed E-state index contributed by atoms with van der Waals surface area (Å²) in [7, 11) is 1.34. The van der Waals surface area contributed by atoms with Crippen LogP contribution in [0.2, 0.25) is 0 Å². The summed E-state index contributed by atoms with van der Waals surface area (Å²) in [5.74, 6) is -0.0868. The third-order valence-electron chi connectivity index (χ3n) is 3.64. The van der Waals surface area contributed by atoms with Gasteiger partial charge in [0.1, 0.15) is 18.5 Å². The molecule has 1 aromatic rings. The highest BCUT2D eigenvalue weighted by Crippen LogP contribution is 2.13. The Morgan fingerprint density at radius 1 is 1.38 bits per heavy atom. The van der Waals surface area contributed by atoms with Crippen molar-refractivity contribution in [2.45, 2.75) is 6.10 Å². The van der Waals surface area contributed by atoms with E-state index in [9.17, 15) is 9.59 Å². The first kappa shape index (κ1) is 18.0. The second kappa shape index (κ2) is 9.05. The Kier molecular flexibility index (Phi) is 6.77. The molecule has 1 heterocycles. The van der Waals surface area contributed by atoms with Crippen LogP contribution >= 0.6 is 0 Å². The molecule has 2 rings (SSSR count). The lowest BCUT2D eigenvalue weighted by Gasteiger charge is -2.31. The number of carbonyl (C=O) groups is 2. The maximum absolute atomic E-state index is 11.1. The number of nitrogens with zero attached hydrogens (tertiary/aromatic N) is 1. The number of carbonyl (C=O) groups excluding carboxylic acids is 2. The zero-order valence-electron chi connectivity index (χ0n) is 13.6. The minimum absolute atomic E-state index is 0.393. The number of hydrogen-bond donors (Lipinski definition) is 1. The topological polar surface area (TPSA) is 91.1 Å². The van der Waals surface area contributed by atoms with Crippen molar-refractivity contribution < 1.29 is 23.8 Å². The molecule has 0 radical (unpaired) electrons. The first-order valence-corrected chi connectivity index (χ1v) is 7.70. The number of rotatable bonds is 7. The molecule has 7 nitrogen and oxygen atoms in total. The normalized spacial score (nSPS) is 18.5. The van der Waals surface area contributed by atoms with Crippen LogP contribution in [-0.2, 0) is 19.1 Å². The average Bonchev–Trinajstić information content (AvgIpc) is 2.61. The monoisotopic (exact) mass is 334 g/mol. The van der Waals surface area contributed by atoms with Crippen LogP contribution in [0.5, 0.6) is 5.75 Å². The predicted octanol–water partition coefficient (Wildman–Crippen LogP) is 0.438. The quantitative estimate of drug-likeness (QED) is 0.575. The number of benzene rings is 1. The van der Waals surface area contributed by atoms with Crippen molar-refractivity contribution in [1.82, 2.24) is 4.90 Å². The van der Waals surface area contributed by atoms with Crippen LogP contribution in [0.1, 0.15) is 5.56 Å². The summed E-state index contributed by atoms with van der Waals surface area (Å²) in [6.07, 6.45) is 2.50. The summed E-state index contributed by atoms with van der Waals surface area (Å²) in [5.41, 5.74) is 6.14. The Hall–Kier alpha value is -2.38. The van der Waals surface area contributed by atoms with Crippen molar-refractivity contribution in [2.75, 3.05) is 40.0 Å². The van der Waals surface area contributed by atoms with E-state index in [1.807, 2.05) is 24.3 Å². The number of morpholine rings is 1. The van der Waals surface area contributed by atoms with Gasteiger partial charge < -0.3 is 19.9 Å². The third-order valence-corrected chi connectivity index (χ3v) is 3.64. The predicted molar refractivity (Wildman–Crippen MR) is 88.4 cm³/mol. The highest BCUT2D eigenvalue weighted by atomic mass is 16.5.